The van der Waals surface area contributed by atoms with E-state index in [2.05, 4.69) is 25.3 Å². The van der Waals surface area contributed by atoms with E-state index >= 15 is 0 Å². The largest absolute Gasteiger partial charge is 0.445 e. The molecule has 5 rings (SSSR count). The van der Waals surface area contributed by atoms with Crippen LogP contribution in [0.25, 0.3) is 11.0 Å². The second kappa shape index (κ2) is 9.78. The van der Waals surface area contributed by atoms with Crippen LogP contribution in [-0.4, -0.2) is 63.4 Å². The van der Waals surface area contributed by atoms with Gasteiger partial charge in [0.15, 0.2) is 10.9 Å². The molecule has 0 unspecified atom stereocenters. The summed E-state index contributed by atoms with van der Waals surface area (Å²) in [5, 5.41) is 13.9. The minimum atomic E-state index is -0.339. The third-order valence-corrected chi connectivity index (χ3v) is 6.76. The van der Waals surface area contributed by atoms with E-state index in [0.717, 1.165) is 27.3 Å². The lowest BCUT2D eigenvalue weighted by Gasteiger charge is -2.33. The number of amides is 1. The van der Waals surface area contributed by atoms with Gasteiger partial charge in [-0.25, -0.2) is 9.78 Å². The Morgan fingerprint density at radius 1 is 1.00 bits per heavy atom. The average molecular weight is 497 g/mol. The highest BCUT2D eigenvalue weighted by Crippen LogP contribution is 2.23. The monoisotopic (exact) mass is 496 g/mol. The Hall–Kier alpha value is -3.50. The van der Waals surface area contributed by atoms with Crippen LogP contribution in [0.2, 0.25) is 5.02 Å². The van der Waals surface area contributed by atoms with E-state index < -0.39 is 0 Å². The molecule has 4 aromatic rings. The molecule has 174 valence electrons. The zero-order chi connectivity index (χ0) is 23.5. The topological polar surface area (TPSA) is 104 Å². The highest BCUT2D eigenvalue weighted by atomic mass is 35.5. The molecule has 34 heavy (non-hydrogen) atoms. The number of halogens is 1. The smallest absolute Gasteiger partial charge is 0.410 e. The Bertz CT molecular complexity index is 1310. The maximum atomic E-state index is 12.7. The maximum absolute atomic E-state index is 12.7. The van der Waals surface area contributed by atoms with E-state index in [0.29, 0.717) is 36.9 Å². The normalized spacial score (nSPS) is 13.9. The molecular weight excluding hydrogens is 476 g/mol. The SMILES string of the molecule is O=C(Cc1ccc2n[nH]nc2c1)c1csc(N2CCN(C(=O)OCc3ccc(Cl)cc3)CC2)n1. The summed E-state index contributed by atoms with van der Waals surface area (Å²) >= 11 is 7.32. The number of thiazole rings is 1. The number of piperazine rings is 1. The van der Waals surface area contributed by atoms with E-state index in [1.807, 2.05) is 30.3 Å². The summed E-state index contributed by atoms with van der Waals surface area (Å²) in [5.74, 6) is -0.0465. The second-order valence-corrected chi connectivity index (χ2v) is 9.19. The molecule has 1 aliphatic heterocycles. The van der Waals surface area contributed by atoms with Crippen LogP contribution in [-0.2, 0) is 17.8 Å². The standard InChI is InChI=1S/C23H21ClN6O3S/c24-17-4-1-15(2-5-17)13-33-23(32)30-9-7-29(8-10-30)22-25-20(14-34-22)21(31)12-16-3-6-18-19(11-16)27-28-26-18/h1-6,11,14H,7-10,12-13H2,(H,26,27,28). The van der Waals surface area contributed by atoms with Gasteiger partial charge >= 0.3 is 6.09 Å². The fourth-order valence-corrected chi connectivity index (χ4v) is 4.72. The molecule has 0 spiro atoms. The van der Waals surface area contributed by atoms with Gasteiger partial charge in [-0.2, -0.15) is 15.4 Å². The molecule has 1 aliphatic rings. The van der Waals surface area contributed by atoms with Crippen molar-refractivity contribution in [2.45, 2.75) is 13.0 Å². The van der Waals surface area contributed by atoms with E-state index in [1.165, 1.54) is 11.3 Å². The molecular formula is C23H21ClN6O3S. The summed E-state index contributed by atoms with van der Waals surface area (Å²) in [5.41, 5.74) is 3.70. The number of carbonyl (C=O) groups is 2. The highest BCUT2D eigenvalue weighted by molar-refractivity contribution is 7.13. The number of ketones is 1. The number of carbonyl (C=O) groups excluding carboxylic acids is 2. The molecule has 11 heteroatoms. The molecule has 2 aromatic carbocycles. The Labute approximate surface area is 204 Å². The number of benzene rings is 2. The van der Waals surface area contributed by atoms with Crippen LogP contribution in [0.5, 0.6) is 0 Å². The summed E-state index contributed by atoms with van der Waals surface area (Å²) in [6.45, 7) is 2.51. The number of nitrogens with one attached hydrogen (secondary N) is 1. The number of H-pyrrole nitrogens is 1. The van der Waals surface area contributed by atoms with Crippen LogP contribution in [0.15, 0.2) is 47.8 Å². The van der Waals surface area contributed by atoms with Crippen LogP contribution >= 0.6 is 22.9 Å². The van der Waals surface area contributed by atoms with Crippen molar-refractivity contribution in [1.29, 1.82) is 0 Å². The Morgan fingerprint density at radius 2 is 1.74 bits per heavy atom. The molecule has 9 nitrogen and oxygen atoms in total. The van der Waals surface area contributed by atoms with Crippen LogP contribution in [0.4, 0.5) is 9.93 Å². The first kappa shape index (κ1) is 22.3. The summed E-state index contributed by atoms with van der Waals surface area (Å²) in [7, 11) is 0. The molecule has 0 radical (unpaired) electrons. The number of ether oxygens (including phenoxy) is 1. The van der Waals surface area contributed by atoms with E-state index in [1.54, 1.807) is 22.4 Å². The van der Waals surface area contributed by atoms with Gasteiger partial charge in [-0.15, -0.1) is 11.3 Å². The second-order valence-electron chi connectivity index (χ2n) is 7.92. The number of hydrogen-bond acceptors (Lipinski definition) is 8. The fourth-order valence-electron chi connectivity index (χ4n) is 3.71. The van der Waals surface area contributed by atoms with E-state index in [-0.39, 0.29) is 24.9 Å². The van der Waals surface area contributed by atoms with Crippen molar-refractivity contribution >= 4 is 51.0 Å². The summed E-state index contributed by atoms with van der Waals surface area (Å²) in [6, 6.07) is 12.8. The summed E-state index contributed by atoms with van der Waals surface area (Å²) < 4.78 is 5.42. The predicted molar refractivity (Wildman–Crippen MR) is 129 cm³/mol. The van der Waals surface area contributed by atoms with Gasteiger partial charge in [-0.1, -0.05) is 29.8 Å². The van der Waals surface area contributed by atoms with Crippen molar-refractivity contribution in [3.63, 3.8) is 0 Å². The predicted octanol–water partition coefficient (Wildman–Crippen LogP) is 3.95. The zero-order valence-corrected chi connectivity index (χ0v) is 19.7. The fraction of sp³-hybridized carbons (Fsp3) is 0.261. The lowest BCUT2D eigenvalue weighted by molar-refractivity contribution is 0.0941. The Kier molecular flexibility index (Phi) is 6.41. The molecule has 1 N–H and O–H groups in total. The molecule has 1 amide bonds. The van der Waals surface area contributed by atoms with Crippen molar-refractivity contribution in [2.24, 2.45) is 0 Å². The first-order valence-corrected chi connectivity index (χ1v) is 12.0. The lowest BCUT2D eigenvalue weighted by Crippen LogP contribution is -2.48. The number of rotatable bonds is 6. The minimum Gasteiger partial charge on any atom is -0.445 e. The summed E-state index contributed by atoms with van der Waals surface area (Å²) in [6.07, 6.45) is -0.0900. The van der Waals surface area contributed by atoms with Gasteiger partial charge in [0.2, 0.25) is 0 Å². The van der Waals surface area contributed by atoms with Crippen molar-refractivity contribution < 1.29 is 14.3 Å². The third kappa shape index (κ3) is 5.02. The number of fused-ring (bicyclic) bond motifs is 1. The van der Waals surface area contributed by atoms with Crippen LogP contribution in [0, 0.1) is 0 Å². The van der Waals surface area contributed by atoms with Crippen LogP contribution in [0.3, 0.4) is 0 Å². The van der Waals surface area contributed by atoms with Crippen molar-refractivity contribution in [3.05, 3.63) is 69.7 Å². The first-order valence-electron chi connectivity index (χ1n) is 10.7. The maximum Gasteiger partial charge on any atom is 0.410 e. The number of nitrogens with zero attached hydrogens (tertiary/aromatic N) is 5. The van der Waals surface area contributed by atoms with E-state index in [9.17, 15) is 9.59 Å². The molecule has 0 aliphatic carbocycles. The first-order chi connectivity index (χ1) is 16.5. The van der Waals surface area contributed by atoms with Crippen LogP contribution in [0.1, 0.15) is 21.6 Å². The van der Waals surface area contributed by atoms with Gasteiger partial charge in [0.1, 0.15) is 23.3 Å². The average Bonchev–Trinajstić information content (AvgIpc) is 3.53. The quantitative estimate of drug-likeness (QED) is 0.403. The lowest BCUT2D eigenvalue weighted by atomic mass is 10.1. The highest BCUT2D eigenvalue weighted by Gasteiger charge is 2.24. The van der Waals surface area contributed by atoms with Gasteiger partial charge in [0.25, 0.3) is 0 Å². The zero-order valence-electron chi connectivity index (χ0n) is 18.1. The third-order valence-electron chi connectivity index (χ3n) is 5.61. The van der Waals surface area contributed by atoms with Gasteiger partial charge in [-0.3, -0.25) is 4.79 Å². The Morgan fingerprint density at radius 3 is 2.53 bits per heavy atom. The molecule has 1 fully saturated rings. The van der Waals surface area contributed by atoms with Gasteiger partial charge < -0.3 is 14.5 Å². The molecule has 0 saturated carbocycles. The minimum absolute atomic E-state index is 0.0465. The van der Waals surface area contributed by atoms with Crippen LogP contribution < -0.4 is 4.90 Å². The number of Topliss-reactive ketones (excluding diaryl/α,β-unsaturated/α-hetero) is 1. The molecule has 3 heterocycles. The summed E-state index contributed by atoms with van der Waals surface area (Å²) in [4.78, 5) is 33.5. The van der Waals surface area contributed by atoms with Crippen molar-refractivity contribution in [2.75, 3.05) is 31.1 Å². The van der Waals surface area contributed by atoms with Gasteiger partial charge in [0.05, 0.1) is 0 Å². The van der Waals surface area contributed by atoms with Crippen molar-refractivity contribution in [1.82, 2.24) is 25.3 Å². The molecule has 2 aromatic heterocycles. The van der Waals surface area contributed by atoms with Gasteiger partial charge in [0, 0.05) is 43.0 Å². The number of aromatic nitrogens is 4. The Balaban J connectivity index is 1.12. The van der Waals surface area contributed by atoms with Crippen molar-refractivity contribution in [3.8, 4) is 0 Å². The molecule has 0 bridgehead atoms. The molecule has 0 atom stereocenters. The number of aromatic amines is 1. The number of anilines is 1. The van der Waals surface area contributed by atoms with E-state index in [4.69, 9.17) is 16.3 Å². The van der Waals surface area contributed by atoms with Gasteiger partial charge in [-0.05, 0) is 35.4 Å². The number of hydrogen-bond donors (Lipinski definition) is 1. The molecule has 1 saturated heterocycles.